The van der Waals surface area contributed by atoms with Crippen molar-refractivity contribution in [2.75, 3.05) is 12.8 Å². The van der Waals surface area contributed by atoms with Crippen molar-refractivity contribution in [1.29, 1.82) is 0 Å². The third kappa shape index (κ3) is 1.75. The summed E-state index contributed by atoms with van der Waals surface area (Å²) in [4.78, 5) is 15.4. The van der Waals surface area contributed by atoms with Crippen LogP contribution in [0.25, 0.3) is 10.2 Å². The molecule has 0 saturated heterocycles. The minimum absolute atomic E-state index is 0.303. The average molecular weight is 243 g/mol. The van der Waals surface area contributed by atoms with E-state index in [2.05, 4.69) is 9.72 Å². The van der Waals surface area contributed by atoms with Crippen LogP contribution in [0, 0.1) is 0 Å². The number of fused-ring (bicyclic) bond motifs is 1. The normalized spacial score (nSPS) is 10.5. The summed E-state index contributed by atoms with van der Waals surface area (Å²) in [5.74, 6) is -0.478. The Morgan fingerprint density at radius 3 is 3.00 bits per heavy atom. The maximum absolute atomic E-state index is 11.3. The number of thiazole rings is 1. The number of halogens is 1. The number of carbonyl (C=O) groups excluding carboxylic acids is 1. The van der Waals surface area contributed by atoms with Crippen LogP contribution in [0.3, 0.4) is 0 Å². The first-order chi connectivity index (χ1) is 7.11. The Hall–Kier alpha value is -1.33. The van der Waals surface area contributed by atoms with Crippen LogP contribution in [0.2, 0.25) is 5.02 Å². The fourth-order valence-electron chi connectivity index (χ4n) is 1.23. The van der Waals surface area contributed by atoms with Gasteiger partial charge in [0.05, 0.1) is 27.9 Å². The molecular formula is C9H7ClN2O2S. The molecule has 0 fully saturated rings. The Kier molecular flexibility index (Phi) is 2.50. The predicted octanol–water partition coefficient (Wildman–Crippen LogP) is 2.32. The van der Waals surface area contributed by atoms with Crippen LogP contribution in [0.4, 0.5) is 5.13 Å². The number of esters is 1. The van der Waals surface area contributed by atoms with Gasteiger partial charge in [-0.15, -0.1) is 0 Å². The van der Waals surface area contributed by atoms with Crippen LogP contribution in [-0.2, 0) is 4.74 Å². The fourth-order valence-corrected chi connectivity index (χ4v) is 2.29. The first-order valence-corrected chi connectivity index (χ1v) is 5.25. The van der Waals surface area contributed by atoms with Crippen molar-refractivity contribution in [1.82, 2.24) is 4.98 Å². The number of ether oxygens (including phenoxy) is 1. The fraction of sp³-hybridized carbons (Fsp3) is 0.111. The maximum atomic E-state index is 11.3. The molecule has 0 bridgehead atoms. The van der Waals surface area contributed by atoms with E-state index in [1.165, 1.54) is 18.4 Å². The predicted molar refractivity (Wildman–Crippen MR) is 60.4 cm³/mol. The van der Waals surface area contributed by atoms with Crippen LogP contribution in [-0.4, -0.2) is 18.1 Å². The summed E-state index contributed by atoms with van der Waals surface area (Å²) < 4.78 is 5.45. The minimum Gasteiger partial charge on any atom is -0.465 e. The number of hydrogen-bond acceptors (Lipinski definition) is 5. The van der Waals surface area contributed by atoms with Crippen molar-refractivity contribution in [3.05, 3.63) is 22.7 Å². The summed E-state index contributed by atoms with van der Waals surface area (Å²) in [6.07, 6.45) is 0. The second-order valence-electron chi connectivity index (χ2n) is 2.84. The van der Waals surface area contributed by atoms with E-state index in [0.29, 0.717) is 21.2 Å². The van der Waals surface area contributed by atoms with Crippen molar-refractivity contribution in [2.45, 2.75) is 0 Å². The number of nitrogen functional groups attached to an aromatic ring is 1. The van der Waals surface area contributed by atoms with E-state index in [9.17, 15) is 4.79 Å². The second-order valence-corrected chi connectivity index (χ2v) is 4.31. The molecule has 0 radical (unpaired) electrons. The zero-order chi connectivity index (χ0) is 11.0. The summed E-state index contributed by atoms with van der Waals surface area (Å²) in [5.41, 5.74) is 6.51. The summed E-state index contributed by atoms with van der Waals surface area (Å²) in [7, 11) is 1.30. The van der Waals surface area contributed by atoms with Crippen LogP contribution < -0.4 is 5.73 Å². The van der Waals surface area contributed by atoms with Crippen molar-refractivity contribution in [3.63, 3.8) is 0 Å². The Balaban J connectivity index is 2.66. The summed E-state index contributed by atoms with van der Waals surface area (Å²) in [5, 5.41) is 0.793. The Morgan fingerprint density at radius 2 is 2.33 bits per heavy atom. The van der Waals surface area contributed by atoms with Crippen LogP contribution in [0.15, 0.2) is 12.1 Å². The van der Waals surface area contributed by atoms with Crippen LogP contribution in [0.5, 0.6) is 0 Å². The van der Waals surface area contributed by atoms with Gasteiger partial charge >= 0.3 is 5.97 Å². The zero-order valence-electron chi connectivity index (χ0n) is 7.78. The second kappa shape index (κ2) is 3.67. The molecule has 15 heavy (non-hydrogen) atoms. The van der Waals surface area contributed by atoms with Crippen molar-refractivity contribution >= 4 is 44.3 Å². The van der Waals surface area contributed by atoms with Crippen molar-refractivity contribution < 1.29 is 9.53 Å². The molecule has 6 heteroatoms. The number of nitrogens with two attached hydrogens (primary N) is 1. The molecule has 0 aliphatic rings. The van der Waals surface area contributed by atoms with Gasteiger partial charge in [0.1, 0.15) is 0 Å². The molecule has 0 aliphatic carbocycles. The van der Waals surface area contributed by atoms with E-state index < -0.39 is 5.97 Å². The van der Waals surface area contributed by atoms with E-state index in [1.807, 2.05) is 0 Å². The molecule has 0 spiro atoms. The van der Waals surface area contributed by atoms with E-state index in [1.54, 1.807) is 12.1 Å². The molecule has 1 aromatic heterocycles. The number of aromatic nitrogens is 1. The smallest absolute Gasteiger partial charge is 0.339 e. The van der Waals surface area contributed by atoms with E-state index >= 15 is 0 Å². The zero-order valence-corrected chi connectivity index (χ0v) is 9.35. The number of nitrogens with zero attached hydrogens (tertiary/aromatic N) is 1. The van der Waals surface area contributed by atoms with Crippen molar-refractivity contribution in [3.8, 4) is 0 Å². The number of rotatable bonds is 1. The standard InChI is InChI=1S/C9H7ClN2O2S/c1-14-8(13)4-2-6-7(3-5(4)10)15-9(11)12-6/h2-3H,1H3,(H2,11,12). The van der Waals surface area contributed by atoms with Crippen LogP contribution in [0.1, 0.15) is 10.4 Å². The summed E-state index contributed by atoms with van der Waals surface area (Å²) in [6.45, 7) is 0. The highest BCUT2D eigenvalue weighted by Crippen LogP contribution is 2.29. The summed E-state index contributed by atoms with van der Waals surface area (Å²) >= 11 is 7.25. The average Bonchev–Trinajstić information content (AvgIpc) is 2.55. The first-order valence-electron chi connectivity index (χ1n) is 4.05. The largest absolute Gasteiger partial charge is 0.465 e. The lowest BCUT2D eigenvalue weighted by Gasteiger charge is -2.01. The number of methoxy groups -OCH3 is 1. The molecule has 0 saturated carbocycles. The molecule has 78 valence electrons. The lowest BCUT2D eigenvalue weighted by molar-refractivity contribution is 0.0601. The highest BCUT2D eigenvalue weighted by atomic mass is 35.5. The third-order valence-electron chi connectivity index (χ3n) is 1.90. The van der Waals surface area contributed by atoms with E-state index in [4.69, 9.17) is 17.3 Å². The lowest BCUT2D eigenvalue weighted by Crippen LogP contribution is -2.01. The highest BCUT2D eigenvalue weighted by Gasteiger charge is 2.13. The molecule has 0 aliphatic heterocycles. The number of anilines is 1. The SMILES string of the molecule is COC(=O)c1cc2nc(N)sc2cc1Cl. The Morgan fingerprint density at radius 1 is 1.60 bits per heavy atom. The van der Waals surface area contributed by atoms with Gasteiger partial charge in [0, 0.05) is 0 Å². The van der Waals surface area contributed by atoms with E-state index in [-0.39, 0.29) is 0 Å². The van der Waals surface area contributed by atoms with Gasteiger partial charge in [-0.3, -0.25) is 0 Å². The van der Waals surface area contributed by atoms with Gasteiger partial charge in [-0.1, -0.05) is 22.9 Å². The molecule has 2 rings (SSSR count). The Labute approximate surface area is 94.6 Å². The van der Waals surface area contributed by atoms with Crippen molar-refractivity contribution in [2.24, 2.45) is 0 Å². The van der Waals surface area contributed by atoms with Gasteiger partial charge in [-0.05, 0) is 12.1 Å². The van der Waals surface area contributed by atoms with Gasteiger partial charge in [-0.2, -0.15) is 0 Å². The number of benzene rings is 1. The van der Waals surface area contributed by atoms with E-state index in [0.717, 1.165) is 4.70 Å². The molecule has 1 heterocycles. The summed E-state index contributed by atoms with van der Waals surface area (Å²) in [6, 6.07) is 3.24. The molecular weight excluding hydrogens is 236 g/mol. The minimum atomic E-state index is -0.478. The van der Waals surface area contributed by atoms with Crippen LogP contribution >= 0.6 is 22.9 Å². The molecule has 1 aromatic carbocycles. The third-order valence-corrected chi connectivity index (χ3v) is 3.06. The topological polar surface area (TPSA) is 65.2 Å². The molecule has 2 N–H and O–H groups in total. The Bertz CT molecular complexity index is 538. The monoisotopic (exact) mass is 242 g/mol. The lowest BCUT2D eigenvalue weighted by atomic mass is 10.2. The highest BCUT2D eigenvalue weighted by molar-refractivity contribution is 7.22. The number of hydrogen-bond donors (Lipinski definition) is 1. The first kappa shape index (κ1) is 10.2. The maximum Gasteiger partial charge on any atom is 0.339 e. The van der Waals surface area contributed by atoms with Gasteiger partial charge < -0.3 is 10.5 Å². The van der Waals surface area contributed by atoms with Gasteiger partial charge in [0.2, 0.25) is 0 Å². The molecule has 4 nitrogen and oxygen atoms in total. The van der Waals surface area contributed by atoms with Gasteiger partial charge in [0.25, 0.3) is 0 Å². The molecule has 0 amide bonds. The quantitative estimate of drug-likeness (QED) is 0.780. The van der Waals surface area contributed by atoms with Gasteiger partial charge in [0.15, 0.2) is 5.13 Å². The molecule has 0 atom stereocenters. The van der Waals surface area contributed by atoms with Gasteiger partial charge in [-0.25, -0.2) is 9.78 Å². The molecule has 0 unspecified atom stereocenters. The molecule has 2 aromatic rings. The number of carbonyl (C=O) groups is 1.